The van der Waals surface area contributed by atoms with Crippen LogP contribution in [0.1, 0.15) is 23.1 Å². The summed E-state index contributed by atoms with van der Waals surface area (Å²) in [5, 5.41) is 1.20. The minimum Gasteiger partial charge on any atom is -0.258 e. The number of nitrogens with zero attached hydrogens (tertiary/aromatic N) is 2. The molecule has 0 unspecified atom stereocenters. The van der Waals surface area contributed by atoms with Crippen molar-refractivity contribution < 1.29 is 0 Å². The molecule has 0 amide bonds. The zero-order chi connectivity index (χ0) is 11.8. The van der Waals surface area contributed by atoms with Gasteiger partial charge in [0.2, 0.25) is 0 Å². The summed E-state index contributed by atoms with van der Waals surface area (Å²) in [5.41, 5.74) is 5.83. The molecule has 0 spiro atoms. The number of hydrogen-bond acceptors (Lipinski definition) is 2. The number of benzene rings is 1. The van der Waals surface area contributed by atoms with Gasteiger partial charge in [0, 0.05) is 29.8 Å². The summed E-state index contributed by atoms with van der Waals surface area (Å²) in [4.78, 5) is 9.06. The molecule has 1 aliphatic rings. The minimum atomic E-state index is 0.890. The van der Waals surface area contributed by atoms with Crippen molar-refractivity contribution in [1.29, 1.82) is 0 Å². The Balaban J connectivity index is 2.53. The molecule has 0 fully saturated rings. The van der Waals surface area contributed by atoms with Gasteiger partial charge in [-0.05, 0) is 31.0 Å². The standard InChI is InChI=1S/C15H14N2/c1-10-11(2)13-7-5-9-17-15(13)14-12(10)6-3-4-8-16-14/h3,5-9H,4H2,1-2H3. The molecule has 2 nitrogen and oxygen atoms in total. The zero-order valence-electron chi connectivity index (χ0n) is 10.1. The SMILES string of the molecule is Cc1c2c(c3ncccc3c1C)N=CCC=C2. The fraction of sp³-hybridized carbons (Fsp3) is 0.200. The van der Waals surface area contributed by atoms with Gasteiger partial charge in [0.25, 0.3) is 0 Å². The van der Waals surface area contributed by atoms with Crippen LogP contribution in [0.3, 0.4) is 0 Å². The van der Waals surface area contributed by atoms with Gasteiger partial charge in [-0.25, -0.2) is 0 Å². The summed E-state index contributed by atoms with van der Waals surface area (Å²) in [6.07, 6.45) is 8.99. The van der Waals surface area contributed by atoms with E-state index in [1.807, 2.05) is 18.5 Å². The average molecular weight is 222 g/mol. The van der Waals surface area contributed by atoms with Gasteiger partial charge in [0.05, 0.1) is 11.2 Å². The van der Waals surface area contributed by atoms with Crippen LogP contribution in [0.2, 0.25) is 0 Å². The van der Waals surface area contributed by atoms with Crippen molar-refractivity contribution >= 4 is 28.9 Å². The average Bonchev–Trinajstić information content (AvgIpc) is 2.62. The molecule has 0 saturated carbocycles. The number of fused-ring (bicyclic) bond motifs is 3. The van der Waals surface area contributed by atoms with Crippen molar-refractivity contribution in [3.8, 4) is 0 Å². The first-order valence-electron chi connectivity index (χ1n) is 5.86. The minimum absolute atomic E-state index is 0.890. The number of aliphatic imine (C=N–C) groups is 1. The van der Waals surface area contributed by atoms with Gasteiger partial charge in [-0.3, -0.25) is 9.98 Å². The van der Waals surface area contributed by atoms with Gasteiger partial charge >= 0.3 is 0 Å². The second-order valence-electron chi connectivity index (χ2n) is 4.36. The van der Waals surface area contributed by atoms with Crippen LogP contribution in [0.5, 0.6) is 0 Å². The van der Waals surface area contributed by atoms with Crippen LogP contribution in [-0.4, -0.2) is 11.2 Å². The van der Waals surface area contributed by atoms with Crippen LogP contribution >= 0.6 is 0 Å². The third-order valence-electron chi connectivity index (χ3n) is 3.40. The first-order valence-corrected chi connectivity index (χ1v) is 5.86. The highest BCUT2D eigenvalue weighted by molar-refractivity contribution is 5.99. The van der Waals surface area contributed by atoms with Crippen molar-refractivity contribution in [2.75, 3.05) is 0 Å². The highest BCUT2D eigenvalue weighted by atomic mass is 14.8. The number of rotatable bonds is 0. The Morgan fingerprint density at radius 1 is 1.18 bits per heavy atom. The maximum atomic E-state index is 4.57. The van der Waals surface area contributed by atoms with E-state index in [0.717, 1.165) is 17.6 Å². The lowest BCUT2D eigenvalue weighted by Crippen LogP contribution is -1.92. The predicted octanol–water partition coefficient (Wildman–Crippen LogP) is 3.97. The summed E-state index contributed by atoms with van der Waals surface area (Å²) >= 11 is 0. The highest BCUT2D eigenvalue weighted by Gasteiger charge is 2.13. The van der Waals surface area contributed by atoms with E-state index in [2.05, 4.69) is 42.0 Å². The molecule has 3 rings (SSSR count). The molecule has 0 atom stereocenters. The topological polar surface area (TPSA) is 25.2 Å². The van der Waals surface area contributed by atoms with Gasteiger partial charge in [-0.1, -0.05) is 18.2 Å². The molecular formula is C15H14N2. The molecule has 2 aromatic rings. The van der Waals surface area contributed by atoms with Crippen LogP contribution in [0.4, 0.5) is 5.69 Å². The van der Waals surface area contributed by atoms with Gasteiger partial charge in [0.1, 0.15) is 0 Å². The molecule has 0 saturated heterocycles. The van der Waals surface area contributed by atoms with Crippen molar-refractivity contribution in [3.63, 3.8) is 0 Å². The molecule has 0 bridgehead atoms. The second kappa shape index (κ2) is 3.81. The van der Waals surface area contributed by atoms with E-state index in [0.29, 0.717) is 0 Å². The Hall–Kier alpha value is -1.96. The Morgan fingerprint density at radius 3 is 2.94 bits per heavy atom. The van der Waals surface area contributed by atoms with Gasteiger partial charge in [0.15, 0.2) is 0 Å². The molecule has 2 heteroatoms. The van der Waals surface area contributed by atoms with Crippen molar-refractivity contribution in [3.05, 3.63) is 41.1 Å². The summed E-state index contributed by atoms with van der Waals surface area (Å²) < 4.78 is 0. The lowest BCUT2D eigenvalue weighted by Gasteiger charge is -2.12. The lowest BCUT2D eigenvalue weighted by atomic mass is 9.96. The third-order valence-corrected chi connectivity index (χ3v) is 3.40. The van der Waals surface area contributed by atoms with Crippen molar-refractivity contribution in [2.24, 2.45) is 4.99 Å². The van der Waals surface area contributed by atoms with Crippen LogP contribution in [0.15, 0.2) is 29.4 Å². The second-order valence-corrected chi connectivity index (χ2v) is 4.36. The van der Waals surface area contributed by atoms with Crippen LogP contribution in [0, 0.1) is 13.8 Å². The van der Waals surface area contributed by atoms with Crippen LogP contribution in [-0.2, 0) is 0 Å². The first kappa shape index (κ1) is 10.2. The fourth-order valence-electron chi connectivity index (χ4n) is 2.33. The van der Waals surface area contributed by atoms with E-state index in [1.165, 1.54) is 22.1 Å². The Bertz CT molecular complexity index is 652. The molecule has 17 heavy (non-hydrogen) atoms. The number of aryl methyl sites for hydroxylation is 1. The highest BCUT2D eigenvalue weighted by Crippen LogP contribution is 2.36. The normalized spacial score (nSPS) is 13.8. The third kappa shape index (κ3) is 1.48. The molecule has 1 aromatic carbocycles. The smallest absolute Gasteiger partial charge is 0.0967 e. The molecule has 1 aliphatic heterocycles. The van der Waals surface area contributed by atoms with Gasteiger partial charge in [-0.15, -0.1) is 0 Å². The number of pyridine rings is 1. The van der Waals surface area contributed by atoms with E-state index in [1.54, 1.807) is 0 Å². The van der Waals surface area contributed by atoms with Crippen LogP contribution in [0.25, 0.3) is 17.0 Å². The van der Waals surface area contributed by atoms with E-state index < -0.39 is 0 Å². The number of allylic oxidation sites excluding steroid dienone is 1. The fourth-order valence-corrected chi connectivity index (χ4v) is 2.33. The first-order chi connectivity index (χ1) is 8.29. The van der Waals surface area contributed by atoms with Gasteiger partial charge in [-0.2, -0.15) is 0 Å². The maximum Gasteiger partial charge on any atom is 0.0967 e. The number of aromatic nitrogens is 1. The molecule has 0 aliphatic carbocycles. The molecule has 0 N–H and O–H groups in total. The summed E-state index contributed by atoms with van der Waals surface area (Å²) in [5.74, 6) is 0. The lowest BCUT2D eigenvalue weighted by molar-refractivity contribution is 1.31. The quantitative estimate of drug-likeness (QED) is 0.662. The van der Waals surface area contributed by atoms with E-state index in [4.69, 9.17) is 0 Å². The number of hydrogen-bond donors (Lipinski definition) is 0. The Kier molecular flexibility index (Phi) is 2.29. The predicted molar refractivity (Wildman–Crippen MR) is 73.0 cm³/mol. The Labute approximate surface area is 101 Å². The maximum absolute atomic E-state index is 4.57. The Morgan fingerprint density at radius 2 is 2.06 bits per heavy atom. The molecular weight excluding hydrogens is 208 g/mol. The van der Waals surface area contributed by atoms with Crippen molar-refractivity contribution in [1.82, 2.24) is 4.98 Å². The molecule has 84 valence electrons. The van der Waals surface area contributed by atoms with Gasteiger partial charge < -0.3 is 0 Å². The summed E-state index contributed by atoms with van der Waals surface area (Å²) in [6.45, 7) is 4.31. The summed E-state index contributed by atoms with van der Waals surface area (Å²) in [7, 11) is 0. The van der Waals surface area contributed by atoms with E-state index >= 15 is 0 Å². The summed E-state index contributed by atoms with van der Waals surface area (Å²) in [6, 6.07) is 4.10. The molecule has 2 heterocycles. The molecule has 1 aromatic heterocycles. The van der Waals surface area contributed by atoms with E-state index in [9.17, 15) is 0 Å². The molecule has 0 radical (unpaired) electrons. The largest absolute Gasteiger partial charge is 0.258 e. The van der Waals surface area contributed by atoms with E-state index in [-0.39, 0.29) is 0 Å². The zero-order valence-corrected chi connectivity index (χ0v) is 10.1. The monoisotopic (exact) mass is 222 g/mol. The van der Waals surface area contributed by atoms with Crippen LogP contribution < -0.4 is 0 Å². The van der Waals surface area contributed by atoms with Crippen molar-refractivity contribution in [2.45, 2.75) is 20.3 Å².